The molecule has 0 fully saturated rings. The van der Waals surface area contributed by atoms with Crippen LogP contribution >= 0.6 is 0 Å². The molecule has 0 atom stereocenters. The molecule has 0 heterocycles. The lowest BCUT2D eigenvalue weighted by Crippen LogP contribution is -2.16. The Kier molecular flexibility index (Phi) is 5.34. The van der Waals surface area contributed by atoms with Gasteiger partial charge in [-0.15, -0.1) is 0 Å². The zero-order valence-corrected chi connectivity index (χ0v) is 8.45. The highest BCUT2D eigenvalue weighted by molar-refractivity contribution is 5.96. The lowest BCUT2D eigenvalue weighted by Gasteiger charge is -2.08. The molecule has 0 bridgehead atoms. The van der Waals surface area contributed by atoms with Crippen LogP contribution in [0.5, 0.6) is 0 Å². The summed E-state index contributed by atoms with van der Waals surface area (Å²) in [6.45, 7) is 0.779. The third kappa shape index (κ3) is 4.48. The van der Waals surface area contributed by atoms with Gasteiger partial charge in [-0.1, -0.05) is 0 Å². The second-order valence-corrected chi connectivity index (χ2v) is 3.20. The maximum Gasteiger partial charge on any atom is 0.262 e. The van der Waals surface area contributed by atoms with Crippen LogP contribution in [-0.2, 0) is 4.79 Å². The number of allylic oxidation sites excluding steroid dienone is 1. The normalized spacial score (nSPS) is 12.1. The van der Waals surface area contributed by atoms with E-state index in [0.29, 0.717) is 12.8 Å². The molecule has 0 rings (SSSR count). The second kappa shape index (κ2) is 6.00. The average Bonchev–Trinajstić information content (AvgIpc) is 2.03. The molecule has 14 heavy (non-hydrogen) atoms. The van der Waals surface area contributed by atoms with Crippen molar-refractivity contribution in [1.82, 2.24) is 4.90 Å². The fraction of sp³-hybridized carbons (Fsp3) is 0.556. The van der Waals surface area contributed by atoms with E-state index in [1.54, 1.807) is 6.07 Å². The molecule has 78 valence electrons. The summed E-state index contributed by atoms with van der Waals surface area (Å²) in [7, 11) is 3.81. The molecule has 0 saturated heterocycles. The van der Waals surface area contributed by atoms with E-state index in [1.165, 1.54) is 0 Å². The predicted octanol–water partition coefficient (Wildman–Crippen LogP) is 0.149. The van der Waals surface area contributed by atoms with E-state index < -0.39 is 5.91 Å². The molecule has 5 heteroatoms. The van der Waals surface area contributed by atoms with Crippen molar-refractivity contribution >= 4 is 5.91 Å². The minimum absolute atomic E-state index is 0.221. The van der Waals surface area contributed by atoms with Crippen LogP contribution in [0.1, 0.15) is 12.8 Å². The topological polar surface area (TPSA) is 90.3 Å². The smallest absolute Gasteiger partial charge is 0.262 e. The highest BCUT2D eigenvalue weighted by Gasteiger charge is 2.10. The Bertz CT molecular complexity index is 276. The Morgan fingerprint density at radius 1 is 1.57 bits per heavy atom. The van der Waals surface area contributed by atoms with Crippen LogP contribution in [0.4, 0.5) is 0 Å². The number of hydrogen-bond acceptors (Lipinski definition) is 4. The molecule has 0 aromatic rings. The van der Waals surface area contributed by atoms with E-state index in [2.05, 4.69) is 0 Å². The summed E-state index contributed by atoms with van der Waals surface area (Å²) < 4.78 is 0. The van der Waals surface area contributed by atoms with E-state index >= 15 is 0 Å². The molecule has 0 aliphatic carbocycles. The monoisotopic (exact) mass is 197 g/mol. The minimum atomic E-state index is -0.880. The van der Waals surface area contributed by atoms with Crippen molar-refractivity contribution < 1.29 is 9.90 Å². The van der Waals surface area contributed by atoms with Crippen LogP contribution in [0.15, 0.2) is 11.3 Å². The number of amides is 1. The molecular formula is C9H15N3O2. The predicted molar refractivity (Wildman–Crippen MR) is 52.3 cm³/mol. The van der Waals surface area contributed by atoms with E-state index in [4.69, 9.17) is 11.0 Å². The van der Waals surface area contributed by atoms with Gasteiger partial charge in [0.25, 0.3) is 5.91 Å². The van der Waals surface area contributed by atoms with E-state index in [0.717, 1.165) is 6.54 Å². The van der Waals surface area contributed by atoms with Crippen LogP contribution in [-0.4, -0.2) is 36.6 Å². The SMILES string of the molecule is CN(C)CCC/C(O)=C(\C#N)C(N)=O. The number of carbonyl (C=O) groups excluding carboxylic acids is 1. The Morgan fingerprint density at radius 2 is 2.14 bits per heavy atom. The Hall–Kier alpha value is -1.54. The van der Waals surface area contributed by atoms with Crippen LogP contribution in [0, 0.1) is 11.3 Å². The Morgan fingerprint density at radius 3 is 2.50 bits per heavy atom. The van der Waals surface area contributed by atoms with Crippen molar-refractivity contribution in [3.05, 3.63) is 11.3 Å². The van der Waals surface area contributed by atoms with Crippen molar-refractivity contribution in [3.8, 4) is 6.07 Å². The van der Waals surface area contributed by atoms with Gasteiger partial charge in [-0.05, 0) is 27.1 Å². The number of aliphatic hydroxyl groups excluding tert-OH is 1. The Balaban J connectivity index is 4.23. The highest BCUT2D eigenvalue weighted by atomic mass is 16.3. The lowest BCUT2D eigenvalue weighted by molar-refractivity contribution is -0.114. The molecule has 0 aromatic carbocycles. The van der Waals surface area contributed by atoms with Crippen LogP contribution in [0.25, 0.3) is 0 Å². The molecule has 0 aromatic heterocycles. The first-order chi connectivity index (χ1) is 6.49. The summed E-state index contributed by atoms with van der Waals surface area (Å²) in [6, 6.07) is 1.58. The van der Waals surface area contributed by atoms with E-state index in [9.17, 15) is 9.90 Å². The van der Waals surface area contributed by atoms with Crippen molar-refractivity contribution in [1.29, 1.82) is 5.26 Å². The van der Waals surface area contributed by atoms with Crippen LogP contribution < -0.4 is 5.73 Å². The molecule has 0 aliphatic heterocycles. The summed E-state index contributed by atoms with van der Waals surface area (Å²) in [5.74, 6) is -1.10. The summed E-state index contributed by atoms with van der Waals surface area (Å²) in [5.41, 5.74) is 4.55. The van der Waals surface area contributed by atoms with Gasteiger partial charge in [0.1, 0.15) is 11.8 Å². The first kappa shape index (κ1) is 12.5. The molecule has 1 amide bonds. The van der Waals surface area contributed by atoms with Crippen molar-refractivity contribution in [2.45, 2.75) is 12.8 Å². The molecule has 0 spiro atoms. The van der Waals surface area contributed by atoms with Gasteiger partial charge in [0.05, 0.1) is 0 Å². The van der Waals surface area contributed by atoms with E-state index in [1.807, 2.05) is 19.0 Å². The largest absolute Gasteiger partial charge is 0.511 e. The summed E-state index contributed by atoms with van der Waals surface area (Å²) >= 11 is 0. The van der Waals surface area contributed by atoms with Crippen molar-refractivity contribution in [2.24, 2.45) is 5.73 Å². The van der Waals surface area contributed by atoms with Gasteiger partial charge in [0, 0.05) is 6.42 Å². The third-order valence-electron chi connectivity index (χ3n) is 1.67. The number of carbonyl (C=O) groups is 1. The van der Waals surface area contributed by atoms with Crippen LogP contribution in [0.3, 0.4) is 0 Å². The number of primary amides is 1. The van der Waals surface area contributed by atoms with Crippen molar-refractivity contribution in [2.75, 3.05) is 20.6 Å². The fourth-order valence-electron chi connectivity index (χ4n) is 0.950. The molecule has 5 nitrogen and oxygen atoms in total. The Labute approximate surface area is 83.4 Å². The number of rotatable bonds is 5. The molecule has 0 radical (unpaired) electrons. The molecule has 3 N–H and O–H groups in total. The number of nitrogens with zero attached hydrogens (tertiary/aromatic N) is 2. The highest BCUT2D eigenvalue weighted by Crippen LogP contribution is 2.07. The van der Waals surface area contributed by atoms with Gasteiger partial charge in [-0.3, -0.25) is 4.79 Å². The van der Waals surface area contributed by atoms with Gasteiger partial charge in [0.15, 0.2) is 5.57 Å². The number of hydrogen-bond donors (Lipinski definition) is 2. The van der Waals surface area contributed by atoms with Gasteiger partial charge >= 0.3 is 0 Å². The minimum Gasteiger partial charge on any atom is -0.511 e. The molecule has 0 unspecified atom stereocenters. The van der Waals surface area contributed by atoms with Gasteiger partial charge < -0.3 is 15.7 Å². The standard InChI is InChI=1S/C9H15N3O2/c1-12(2)5-3-4-8(13)7(6-10)9(11)14/h13H,3-5H2,1-2H3,(H2,11,14)/b8-7-. The maximum atomic E-state index is 10.6. The first-order valence-corrected chi connectivity index (χ1v) is 4.25. The van der Waals surface area contributed by atoms with Gasteiger partial charge in [-0.25, -0.2) is 0 Å². The fourth-order valence-corrected chi connectivity index (χ4v) is 0.950. The van der Waals surface area contributed by atoms with Crippen LogP contribution in [0.2, 0.25) is 0 Å². The summed E-state index contributed by atoms with van der Waals surface area (Å²) in [6.07, 6.45) is 0.974. The number of nitrogens with two attached hydrogens (primary N) is 1. The van der Waals surface area contributed by atoms with Gasteiger partial charge in [0.2, 0.25) is 0 Å². The average molecular weight is 197 g/mol. The second-order valence-electron chi connectivity index (χ2n) is 3.20. The van der Waals surface area contributed by atoms with E-state index in [-0.39, 0.29) is 11.3 Å². The quantitative estimate of drug-likeness (QED) is 0.373. The zero-order chi connectivity index (χ0) is 11.1. The van der Waals surface area contributed by atoms with Crippen molar-refractivity contribution in [3.63, 3.8) is 0 Å². The lowest BCUT2D eigenvalue weighted by atomic mass is 10.1. The molecular weight excluding hydrogens is 182 g/mol. The third-order valence-corrected chi connectivity index (χ3v) is 1.67. The first-order valence-electron chi connectivity index (χ1n) is 4.25. The molecule has 0 aliphatic rings. The molecule has 0 saturated carbocycles. The summed E-state index contributed by atoms with van der Waals surface area (Å²) in [4.78, 5) is 12.6. The number of nitriles is 1. The van der Waals surface area contributed by atoms with Gasteiger partial charge in [-0.2, -0.15) is 5.26 Å². The summed E-state index contributed by atoms with van der Waals surface area (Å²) in [5, 5.41) is 17.8. The number of aliphatic hydroxyl groups is 1. The maximum absolute atomic E-state index is 10.6. The zero-order valence-electron chi connectivity index (χ0n) is 8.45.